The van der Waals surface area contributed by atoms with Gasteiger partial charge >= 0.3 is 0 Å². The number of hydrogen-bond donors (Lipinski definition) is 1. The second-order valence-corrected chi connectivity index (χ2v) is 6.11. The number of hydrogen-bond acceptors (Lipinski definition) is 4. The Bertz CT molecular complexity index is 647. The number of benzene rings is 1. The molecule has 1 fully saturated rings. The maximum Gasteiger partial charge on any atom is 0.225 e. The number of anilines is 1. The molecule has 1 amide bonds. The third-order valence-electron chi connectivity index (χ3n) is 4.01. The lowest BCUT2D eigenvalue weighted by Gasteiger charge is -2.31. The molecule has 1 aromatic heterocycles. The first-order valence-electron chi connectivity index (χ1n) is 7.76. The van der Waals surface area contributed by atoms with Gasteiger partial charge in [-0.15, -0.1) is 0 Å². The van der Waals surface area contributed by atoms with Gasteiger partial charge in [-0.3, -0.25) is 4.79 Å². The number of halogens is 1. The van der Waals surface area contributed by atoms with E-state index in [1.165, 1.54) is 0 Å². The van der Waals surface area contributed by atoms with Crippen LogP contribution >= 0.6 is 11.6 Å². The Kier molecular flexibility index (Phi) is 5.08. The van der Waals surface area contributed by atoms with Gasteiger partial charge in [0, 0.05) is 37.1 Å². The molecule has 1 atom stereocenters. The zero-order chi connectivity index (χ0) is 16.1. The number of piperidine rings is 1. The molecule has 0 aliphatic carbocycles. The number of amides is 1. The largest absolute Gasteiger partial charge is 0.352 e. The molecule has 1 aliphatic heterocycles. The van der Waals surface area contributed by atoms with Crippen LogP contribution in [0.3, 0.4) is 0 Å². The maximum absolute atomic E-state index is 12.4. The summed E-state index contributed by atoms with van der Waals surface area (Å²) in [6.07, 6.45) is 5.33. The van der Waals surface area contributed by atoms with Gasteiger partial charge in [-0.2, -0.15) is 0 Å². The third-order valence-corrected chi connectivity index (χ3v) is 4.26. The fraction of sp³-hybridized carbons (Fsp3) is 0.353. The summed E-state index contributed by atoms with van der Waals surface area (Å²) >= 11 is 5.87. The summed E-state index contributed by atoms with van der Waals surface area (Å²) < 4.78 is 0. The Hall–Kier alpha value is -2.14. The van der Waals surface area contributed by atoms with Crippen LogP contribution in [0.1, 0.15) is 18.4 Å². The number of aromatic nitrogens is 2. The van der Waals surface area contributed by atoms with Gasteiger partial charge in [0.05, 0.1) is 5.92 Å². The normalized spacial score (nSPS) is 17.8. The van der Waals surface area contributed by atoms with Crippen molar-refractivity contribution in [1.82, 2.24) is 15.3 Å². The van der Waals surface area contributed by atoms with Gasteiger partial charge in [0.2, 0.25) is 11.9 Å². The van der Waals surface area contributed by atoms with E-state index < -0.39 is 0 Å². The Morgan fingerprint density at radius 1 is 1.26 bits per heavy atom. The minimum atomic E-state index is -0.0279. The summed E-state index contributed by atoms with van der Waals surface area (Å²) in [6.45, 7) is 2.08. The van der Waals surface area contributed by atoms with Crippen molar-refractivity contribution in [1.29, 1.82) is 0 Å². The van der Waals surface area contributed by atoms with Crippen molar-refractivity contribution in [3.63, 3.8) is 0 Å². The highest BCUT2D eigenvalue weighted by Gasteiger charge is 2.26. The molecule has 0 radical (unpaired) electrons. The molecule has 120 valence electrons. The molecule has 1 aliphatic rings. The van der Waals surface area contributed by atoms with Crippen LogP contribution in [0, 0.1) is 5.92 Å². The fourth-order valence-electron chi connectivity index (χ4n) is 2.76. The Morgan fingerprint density at radius 2 is 2.00 bits per heavy atom. The lowest BCUT2D eigenvalue weighted by atomic mass is 9.97. The van der Waals surface area contributed by atoms with E-state index in [1.54, 1.807) is 18.5 Å². The van der Waals surface area contributed by atoms with Crippen molar-refractivity contribution in [2.45, 2.75) is 19.4 Å². The molecule has 2 heterocycles. The van der Waals surface area contributed by atoms with Gasteiger partial charge < -0.3 is 10.2 Å². The molecule has 6 heteroatoms. The number of nitrogens with zero attached hydrogens (tertiary/aromatic N) is 3. The molecule has 3 rings (SSSR count). The van der Waals surface area contributed by atoms with Gasteiger partial charge in [-0.1, -0.05) is 23.7 Å². The van der Waals surface area contributed by atoms with Gasteiger partial charge in [0.25, 0.3) is 0 Å². The summed E-state index contributed by atoms with van der Waals surface area (Å²) in [5, 5.41) is 3.71. The molecule has 1 aromatic carbocycles. The summed E-state index contributed by atoms with van der Waals surface area (Å²) in [6, 6.07) is 9.31. The molecule has 2 aromatic rings. The van der Waals surface area contributed by atoms with Gasteiger partial charge in [0.1, 0.15) is 0 Å². The first kappa shape index (κ1) is 15.7. The number of carbonyl (C=O) groups excluding carboxylic acids is 1. The van der Waals surface area contributed by atoms with E-state index >= 15 is 0 Å². The number of rotatable bonds is 4. The molecule has 23 heavy (non-hydrogen) atoms. The van der Waals surface area contributed by atoms with Crippen LogP contribution in [0.25, 0.3) is 0 Å². The molecule has 0 spiro atoms. The van der Waals surface area contributed by atoms with Crippen LogP contribution in [0.4, 0.5) is 5.95 Å². The van der Waals surface area contributed by atoms with Crippen LogP contribution in [0.5, 0.6) is 0 Å². The number of carbonyl (C=O) groups is 1. The SMILES string of the molecule is O=C(NCc1ccc(Cl)cc1)C1CCCN(c2ncccn2)C1. The van der Waals surface area contributed by atoms with Crippen LogP contribution in [-0.4, -0.2) is 29.0 Å². The van der Waals surface area contributed by atoms with E-state index in [-0.39, 0.29) is 11.8 Å². The van der Waals surface area contributed by atoms with E-state index in [4.69, 9.17) is 11.6 Å². The Morgan fingerprint density at radius 3 is 2.74 bits per heavy atom. The topological polar surface area (TPSA) is 58.1 Å². The highest BCUT2D eigenvalue weighted by Crippen LogP contribution is 2.20. The highest BCUT2D eigenvalue weighted by atomic mass is 35.5. The highest BCUT2D eigenvalue weighted by molar-refractivity contribution is 6.30. The second-order valence-electron chi connectivity index (χ2n) is 5.68. The molecule has 1 unspecified atom stereocenters. The lowest BCUT2D eigenvalue weighted by Crippen LogP contribution is -2.43. The summed E-state index contributed by atoms with van der Waals surface area (Å²) in [5.41, 5.74) is 1.04. The van der Waals surface area contributed by atoms with Crippen molar-refractivity contribution in [2.75, 3.05) is 18.0 Å². The van der Waals surface area contributed by atoms with Crippen molar-refractivity contribution >= 4 is 23.5 Å². The fourth-order valence-corrected chi connectivity index (χ4v) is 2.89. The monoisotopic (exact) mass is 330 g/mol. The van der Waals surface area contributed by atoms with E-state index in [1.807, 2.05) is 24.3 Å². The zero-order valence-corrected chi connectivity index (χ0v) is 13.5. The van der Waals surface area contributed by atoms with E-state index in [0.29, 0.717) is 24.1 Å². The Labute approximate surface area is 140 Å². The third kappa shape index (κ3) is 4.20. The minimum absolute atomic E-state index is 0.0279. The van der Waals surface area contributed by atoms with Crippen LogP contribution in [-0.2, 0) is 11.3 Å². The first-order valence-corrected chi connectivity index (χ1v) is 8.14. The van der Waals surface area contributed by atoms with Crippen molar-refractivity contribution in [3.05, 3.63) is 53.3 Å². The Balaban J connectivity index is 1.55. The van der Waals surface area contributed by atoms with E-state index in [0.717, 1.165) is 24.9 Å². The molecule has 0 saturated carbocycles. The molecule has 1 saturated heterocycles. The quantitative estimate of drug-likeness (QED) is 0.936. The van der Waals surface area contributed by atoms with Crippen molar-refractivity contribution < 1.29 is 4.79 Å². The predicted molar refractivity (Wildman–Crippen MR) is 90.3 cm³/mol. The van der Waals surface area contributed by atoms with Gasteiger partial charge in [0.15, 0.2) is 0 Å². The lowest BCUT2D eigenvalue weighted by molar-refractivity contribution is -0.125. The van der Waals surface area contributed by atoms with Crippen molar-refractivity contribution in [2.24, 2.45) is 5.92 Å². The zero-order valence-electron chi connectivity index (χ0n) is 12.8. The van der Waals surface area contributed by atoms with Gasteiger partial charge in [-0.25, -0.2) is 9.97 Å². The second kappa shape index (κ2) is 7.42. The van der Waals surface area contributed by atoms with Crippen molar-refractivity contribution in [3.8, 4) is 0 Å². The first-order chi connectivity index (χ1) is 11.2. The van der Waals surface area contributed by atoms with Crippen LogP contribution < -0.4 is 10.2 Å². The van der Waals surface area contributed by atoms with Crippen LogP contribution in [0.15, 0.2) is 42.7 Å². The maximum atomic E-state index is 12.4. The van der Waals surface area contributed by atoms with Gasteiger partial charge in [-0.05, 0) is 36.6 Å². The minimum Gasteiger partial charge on any atom is -0.352 e. The average molecular weight is 331 g/mol. The average Bonchev–Trinajstić information content (AvgIpc) is 2.62. The molecule has 0 bridgehead atoms. The molecular weight excluding hydrogens is 312 g/mol. The molecular formula is C17H19ClN4O. The van der Waals surface area contributed by atoms with E-state index in [2.05, 4.69) is 20.2 Å². The summed E-state index contributed by atoms with van der Waals surface area (Å²) in [4.78, 5) is 23.0. The van der Waals surface area contributed by atoms with Crippen LogP contribution in [0.2, 0.25) is 5.02 Å². The predicted octanol–water partition coefficient (Wildman–Crippen LogP) is 2.66. The standard InChI is InChI=1S/C17H19ClN4O/c18-15-6-4-13(5-7-15)11-21-16(23)14-3-1-10-22(12-14)17-19-8-2-9-20-17/h2,4-9,14H,1,3,10-12H2,(H,21,23). The molecule has 5 nitrogen and oxygen atoms in total. The molecule has 1 N–H and O–H groups in total. The van der Waals surface area contributed by atoms with E-state index in [9.17, 15) is 4.79 Å². The smallest absolute Gasteiger partial charge is 0.225 e. The summed E-state index contributed by atoms with van der Waals surface area (Å²) in [7, 11) is 0. The number of nitrogens with one attached hydrogen (secondary N) is 1. The summed E-state index contributed by atoms with van der Waals surface area (Å²) in [5.74, 6) is 0.753.